The Labute approximate surface area is 155 Å². The number of carbonyl (C=O) groups excluding carboxylic acids is 2. The van der Waals surface area contributed by atoms with Crippen molar-refractivity contribution in [1.82, 2.24) is 5.32 Å². The van der Waals surface area contributed by atoms with Crippen molar-refractivity contribution in [3.8, 4) is 5.75 Å². The van der Waals surface area contributed by atoms with Crippen LogP contribution in [0.25, 0.3) is 0 Å². The fraction of sp³-hybridized carbons (Fsp3) is 0.263. The molecule has 1 saturated carbocycles. The van der Waals surface area contributed by atoms with Crippen molar-refractivity contribution in [3.63, 3.8) is 0 Å². The Balaban J connectivity index is 1.60. The standard InChI is InChI=1S/C19H18ClFN2O3/c1-26-14-5-2-12(3-6-14)11-22-17(24)19(8-9-19)18(25)23-13-4-7-16(21)15(20)10-13/h2-7,10H,8-9,11H2,1H3,(H,22,24)(H,23,25). The lowest BCUT2D eigenvalue weighted by Gasteiger charge is -2.16. The predicted molar refractivity (Wildman–Crippen MR) is 96.5 cm³/mol. The maximum atomic E-state index is 13.2. The molecule has 0 unspecified atom stereocenters. The van der Waals surface area contributed by atoms with Gasteiger partial charge in [-0.3, -0.25) is 9.59 Å². The third-order valence-corrected chi connectivity index (χ3v) is 4.70. The van der Waals surface area contributed by atoms with E-state index in [4.69, 9.17) is 16.3 Å². The van der Waals surface area contributed by atoms with Crippen LogP contribution in [0.1, 0.15) is 18.4 Å². The van der Waals surface area contributed by atoms with E-state index < -0.39 is 17.1 Å². The van der Waals surface area contributed by atoms with Gasteiger partial charge >= 0.3 is 0 Å². The summed E-state index contributed by atoms with van der Waals surface area (Å²) in [6, 6.07) is 11.2. The molecule has 0 atom stereocenters. The quantitative estimate of drug-likeness (QED) is 0.758. The number of halogens is 2. The van der Waals surface area contributed by atoms with Crippen molar-refractivity contribution in [3.05, 3.63) is 58.9 Å². The molecule has 0 radical (unpaired) electrons. The molecule has 5 nitrogen and oxygen atoms in total. The molecule has 1 aliphatic rings. The molecule has 7 heteroatoms. The predicted octanol–water partition coefficient (Wildman–Crippen LogP) is 3.52. The van der Waals surface area contributed by atoms with Gasteiger partial charge in [0.15, 0.2) is 0 Å². The lowest BCUT2D eigenvalue weighted by atomic mass is 10.0. The molecule has 0 saturated heterocycles. The van der Waals surface area contributed by atoms with Gasteiger partial charge in [0.1, 0.15) is 17.0 Å². The molecular weight excluding hydrogens is 359 g/mol. The molecule has 3 rings (SSSR count). The van der Waals surface area contributed by atoms with Crippen molar-refractivity contribution in [2.24, 2.45) is 5.41 Å². The van der Waals surface area contributed by atoms with Crippen LogP contribution < -0.4 is 15.4 Å². The number of amides is 2. The van der Waals surface area contributed by atoms with Crippen LogP contribution in [-0.4, -0.2) is 18.9 Å². The second-order valence-corrected chi connectivity index (χ2v) is 6.60. The van der Waals surface area contributed by atoms with Crippen LogP contribution in [0.4, 0.5) is 10.1 Å². The highest BCUT2D eigenvalue weighted by molar-refractivity contribution is 6.31. The molecule has 2 aromatic rings. The molecule has 2 aromatic carbocycles. The number of hydrogen-bond donors (Lipinski definition) is 2. The molecule has 0 heterocycles. The Morgan fingerprint density at radius 2 is 1.85 bits per heavy atom. The van der Waals surface area contributed by atoms with E-state index in [0.717, 1.165) is 11.3 Å². The van der Waals surface area contributed by atoms with Crippen LogP contribution >= 0.6 is 11.6 Å². The number of anilines is 1. The topological polar surface area (TPSA) is 67.4 Å². The molecule has 0 aromatic heterocycles. The zero-order valence-corrected chi connectivity index (χ0v) is 14.9. The molecule has 2 N–H and O–H groups in total. The van der Waals surface area contributed by atoms with E-state index in [1.807, 2.05) is 12.1 Å². The zero-order chi connectivity index (χ0) is 18.7. The first kappa shape index (κ1) is 18.2. The fourth-order valence-corrected chi connectivity index (χ4v) is 2.78. The van der Waals surface area contributed by atoms with Gasteiger partial charge in [-0.15, -0.1) is 0 Å². The molecule has 136 valence electrons. The summed E-state index contributed by atoms with van der Waals surface area (Å²) in [6.07, 6.45) is 0.949. The summed E-state index contributed by atoms with van der Waals surface area (Å²) < 4.78 is 18.3. The Morgan fingerprint density at radius 3 is 2.42 bits per heavy atom. The van der Waals surface area contributed by atoms with Gasteiger partial charge in [0.05, 0.1) is 12.1 Å². The minimum atomic E-state index is -1.08. The number of ether oxygens (including phenoxy) is 1. The first-order valence-electron chi connectivity index (χ1n) is 8.12. The molecule has 1 fully saturated rings. The third kappa shape index (κ3) is 3.80. The molecule has 26 heavy (non-hydrogen) atoms. The highest BCUT2D eigenvalue weighted by Crippen LogP contribution is 2.47. The van der Waals surface area contributed by atoms with Crippen molar-refractivity contribution in [2.45, 2.75) is 19.4 Å². The largest absolute Gasteiger partial charge is 0.497 e. The molecule has 0 aliphatic heterocycles. The van der Waals surface area contributed by atoms with Gasteiger partial charge in [-0.25, -0.2) is 4.39 Å². The molecule has 2 amide bonds. The van der Waals surface area contributed by atoms with Crippen molar-refractivity contribution in [2.75, 3.05) is 12.4 Å². The van der Waals surface area contributed by atoms with E-state index in [-0.39, 0.29) is 10.9 Å². The van der Waals surface area contributed by atoms with Crippen molar-refractivity contribution < 1.29 is 18.7 Å². The lowest BCUT2D eigenvalue weighted by Crippen LogP contribution is -2.39. The van der Waals surface area contributed by atoms with Crippen LogP contribution in [0, 0.1) is 11.2 Å². The van der Waals surface area contributed by atoms with Crippen molar-refractivity contribution in [1.29, 1.82) is 0 Å². The second-order valence-electron chi connectivity index (χ2n) is 6.20. The average Bonchev–Trinajstić information content (AvgIpc) is 3.45. The third-order valence-electron chi connectivity index (χ3n) is 4.41. The number of carbonyl (C=O) groups is 2. The summed E-state index contributed by atoms with van der Waals surface area (Å²) in [5.41, 5.74) is 0.184. The fourth-order valence-electron chi connectivity index (χ4n) is 2.60. The molecule has 0 bridgehead atoms. The van der Waals surface area contributed by atoms with E-state index in [9.17, 15) is 14.0 Å². The minimum Gasteiger partial charge on any atom is -0.497 e. The van der Waals surface area contributed by atoms with Gasteiger partial charge in [-0.2, -0.15) is 0 Å². The number of nitrogens with one attached hydrogen (secondary N) is 2. The monoisotopic (exact) mass is 376 g/mol. The lowest BCUT2D eigenvalue weighted by molar-refractivity contribution is -0.134. The summed E-state index contributed by atoms with van der Waals surface area (Å²) in [4.78, 5) is 25.0. The molecular formula is C19H18ClFN2O3. The molecule has 1 aliphatic carbocycles. The number of hydrogen-bond acceptors (Lipinski definition) is 3. The number of methoxy groups -OCH3 is 1. The van der Waals surface area contributed by atoms with Gasteiger partial charge in [-0.05, 0) is 48.7 Å². The van der Waals surface area contributed by atoms with E-state index in [0.29, 0.717) is 25.1 Å². The Hall–Kier alpha value is -2.60. The maximum Gasteiger partial charge on any atom is 0.240 e. The number of benzene rings is 2. The van der Waals surface area contributed by atoms with Crippen LogP contribution in [0.5, 0.6) is 5.75 Å². The van der Waals surface area contributed by atoms with Crippen LogP contribution in [-0.2, 0) is 16.1 Å². The van der Waals surface area contributed by atoms with Gasteiger partial charge in [0.2, 0.25) is 11.8 Å². The minimum absolute atomic E-state index is 0.0865. The van der Waals surface area contributed by atoms with E-state index in [1.54, 1.807) is 19.2 Å². The molecule has 0 spiro atoms. The number of rotatable bonds is 6. The van der Waals surface area contributed by atoms with E-state index >= 15 is 0 Å². The van der Waals surface area contributed by atoms with Gasteiger partial charge in [0, 0.05) is 12.2 Å². The van der Waals surface area contributed by atoms with Gasteiger partial charge in [0.25, 0.3) is 0 Å². The second kappa shape index (κ2) is 7.33. The van der Waals surface area contributed by atoms with Gasteiger partial charge < -0.3 is 15.4 Å². The van der Waals surface area contributed by atoms with E-state index in [2.05, 4.69) is 10.6 Å². The SMILES string of the molecule is COc1ccc(CNC(=O)C2(C(=O)Nc3ccc(F)c(Cl)c3)CC2)cc1. The summed E-state index contributed by atoms with van der Waals surface area (Å²) in [6.45, 7) is 0.320. The highest BCUT2D eigenvalue weighted by Gasteiger charge is 2.56. The summed E-state index contributed by atoms with van der Waals surface area (Å²) in [5.74, 6) is -0.564. The first-order valence-corrected chi connectivity index (χ1v) is 8.50. The Kier molecular flexibility index (Phi) is 5.13. The average molecular weight is 377 g/mol. The Bertz CT molecular complexity index is 835. The normalized spacial score (nSPS) is 14.4. The highest BCUT2D eigenvalue weighted by atomic mass is 35.5. The summed E-state index contributed by atoms with van der Waals surface area (Å²) >= 11 is 5.71. The zero-order valence-electron chi connectivity index (χ0n) is 14.1. The van der Waals surface area contributed by atoms with Crippen LogP contribution in [0.15, 0.2) is 42.5 Å². The Morgan fingerprint density at radius 1 is 1.15 bits per heavy atom. The van der Waals surface area contributed by atoms with Crippen LogP contribution in [0.2, 0.25) is 5.02 Å². The van der Waals surface area contributed by atoms with Crippen molar-refractivity contribution >= 4 is 29.1 Å². The maximum absolute atomic E-state index is 13.2. The van der Waals surface area contributed by atoms with E-state index in [1.165, 1.54) is 18.2 Å². The first-order chi connectivity index (χ1) is 12.4. The smallest absolute Gasteiger partial charge is 0.240 e. The summed E-state index contributed by atoms with van der Waals surface area (Å²) in [7, 11) is 1.58. The van der Waals surface area contributed by atoms with Gasteiger partial charge in [-0.1, -0.05) is 23.7 Å². The summed E-state index contributed by atoms with van der Waals surface area (Å²) in [5, 5.41) is 5.35. The van der Waals surface area contributed by atoms with Crippen LogP contribution in [0.3, 0.4) is 0 Å².